The highest BCUT2D eigenvalue weighted by Gasteiger charge is 2.67. The van der Waals surface area contributed by atoms with Crippen molar-refractivity contribution >= 4 is 11.7 Å². The van der Waals surface area contributed by atoms with E-state index < -0.39 is 29.9 Å². The molecule has 3 rings (SSSR count). The number of anilines is 1. The summed E-state index contributed by atoms with van der Waals surface area (Å²) >= 11 is 0. The fraction of sp³-hybridized carbons (Fsp3) is 0.632. The van der Waals surface area contributed by atoms with Gasteiger partial charge in [0, 0.05) is 18.8 Å². The summed E-state index contributed by atoms with van der Waals surface area (Å²) in [5.41, 5.74) is -1.81. The van der Waals surface area contributed by atoms with E-state index in [9.17, 15) is 23.1 Å². The number of rotatable bonds is 4. The van der Waals surface area contributed by atoms with Crippen LogP contribution in [0.4, 0.5) is 18.9 Å². The van der Waals surface area contributed by atoms with E-state index in [1.54, 1.807) is 4.90 Å². The number of aliphatic hydroxyl groups is 1. The highest BCUT2D eigenvalue weighted by Crippen LogP contribution is 2.45. The first-order valence-electron chi connectivity index (χ1n) is 9.23. The van der Waals surface area contributed by atoms with Crippen molar-refractivity contribution in [2.24, 2.45) is 5.92 Å². The minimum Gasteiger partial charge on any atom is -0.464 e. The highest BCUT2D eigenvalue weighted by atomic mass is 19.4. The second-order valence-corrected chi connectivity index (χ2v) is 6.92. The molecule has 1 aromatic carbocycles. The Labute approximate surface area is 156 Å². The van der Waals surface area contributed by atoms with Crippen molar-refractivity contribution in [2.45, 2.75) is 50.6 Å². The number of carbonyl (C=O) groups is 1. The molecule has 0 saturated carbocycles. The second-order valence-electron chi connectivity index (χ2n) is 6.92. The maximum absolute atomic E-state index is 13.9. The van der Waals surface area contributed by atoms with Crippen molar-refractivity contribution in [1.29, 1.82) is 0 Å². The number of nitrogens with zero attached hydrogens (tertiary/aromatic N) is 1. The van der Waals surface area contributed by atoms with E-state index >= 15 is 0 Å². The molecule has 0 aromatic heterocycles. The third-order valence-corrected chi connectivity index (χ3v) is 5.30. The predicted octanol–water partition coefficient (Wildman–Crippen LogP) is 3.05. The molecular formula is C19H24F3NO4. The minimum absolute atomic E-state index is 0.0121. The molecule has 150 valence electrons. The summed E-state index contributed by atoms with van der Waals surface area (Å²) in [4.78, 5) is 14.0. The first kappa shape index (κ1) is 19.9. The van der Waals surface area contributed by atoms with Crippen molar-refractivity contribution in [1.82, 2.24) is 0 Å². The third-order valence-electron chi connectivity index (χ3n) is 5.30. The zero-order valence-corrected chi connectivity index (χ0v) is 15.2. The molecule has 8 heteroatoms. The van der Waals surface area contributed by atoms with E-state index in [0.29, 0.717) is 13.0 Å². The molecule has 0 radical (unpaired) electrons. The first-order chi connectivity index (χ1) is 12.8. The molecule has 2 heterocycles. The van der Waals surface area contributed by atoms with E-state index in [1.807, 2.05) is 24.3 Å². The van der Waals surface area contributed by atoms with Gasteiger partial charge in [0.25, 0.3) is 5.60 Å². The van der Waals surface area contributed by atoms with Gasteiger partial charge < -0.3 is 19.5 Å². The molecule has 0 bridgehead atoms. The number of ether oxygens (including phenoxy) is 2. The number of hydrogen-bond acceptors (Lipinski definition) is 5. The Morgan fingerprint density at radius 1 is 1.33 bits per heavy atom. The number of para-hydroxylation sites is 1. The number of fused-ring (bicyclic) bond motifs is 1. The topological polar surface area (TPSA) is 59.0 Å². The first-order valence-corrected chi connectivity index (χ1v) is 9.23. The van der Waals surface area contributed by atoms with Crippen LogP contribution in [0.25, 0.3) is 0 Å². The number of benzene rings is 1. The minimum atomic E-state index is -5.17. The molecule has 0 aliphatic carbocycles. The standard InChI is InChI=1S/C19H24F3NO4/c1-2-26-17(24)18(25,19(20,21)22)14-9-6-12-27-16(14)23-11-5-8-13-7-3-4-10-15(13)23/h3-4,7,10,14,16,25H,2,5-6,8-9,11-12H2,1H3/t14-,16-,18+/m1/s1. The normalized spacial score (nSPS) is 25.4. The van der Waals surface area contributed by atoms with Crippen LogP contribution in [-0.4, -0.2) is 48.8 Å². The lowest BCUT2D eigenvalue weighted by molar-refractivity contribution is -0.293. The Morgan fingerprint density at radius 3 is 2.78 bits per heavy atom. The maximum atomic E-state index is 13.9. The van der Waals surface area contributed by atoms with Crippen molar-refractivity contribution in [3.8, 4) is 0 Å². The van der Waals surface area contributed by atoms with Gasteiger partial charge in [0.05, 0.1) is 12.5 Å². The fourth-order valence-electron chi connectivity index (χ4n) is 4.03. The van der Waals surface area contributed by atoms with Gasteiger partial charge in [-0.25, -0.2) is 4.79 Å². The molecule has 0 amide bonds. The predicted molar refractivity (Wildman–Crippen MR) is 92.2 cm³/mol. The zero-order valence-electron chi connectivity index (χ0n) is 15.2. The molecule has 2 aliphatic rings. The SMILES string of the molecule is CCOC(=O)[C@@](O)([C@@H]1CCCO[C@H]1N1CCCc2ccccc21)C(F)(F)F. The van der Waals surface area contributed by atoms with Gasteiger partial charge in [-0.3, -0.25) is 0 Å². The van der Waals surface area contributed by atoms with Gasteiger partial charge >= 0.3 is 12.1 Å². The number of esters is 1. The van der Waals surface area contributed by atoms with Crippen LogP contribution in [0.3, 0.4) is 0 Å². The van der Waals surface area contributed by atoms with Crippen LogP contribution in [0.15, 0.2) is 24.3 Å². The van der Waals surface area contributed by atoms with Crippen LogP contribution in [0.2, 0.25) is 0 Å². The number of aryl methyl sites for hydroxylation is 1. The molecule has 1 fully saturated rings. The molecule has 1 saturated heterocycles. The van der Waals surface area contributed by atoms with Crippen LogP contribution < -0.4 is 4.90 Å². The number of carbonyl (C=O) groups excluding carboxylic acids is 1. The van der Waals surface area contributed by atoms with Gasteiger partial charge in [-0.2, -0.15) is 13.2 Å². The summed E-state index contributed by atoms with van der Waals surface area (Å²) in [7, 11) is 0. The van der Waals surface area contributed by atoms with Crippen LogP contribution in [0.5, 0.6) is 0 Å². The number of alkyl halides is 3. The summed E-state index contributed by atoms with van der Waals surface area (Å²) in [6, 6.07) is 7.46. The molecule has 2 aliphatic heterocycles. The Morgan fingerprint density at radius 2 is 2.07 bits per heavy atom. The van der Waals surface area contributed by atoms with Gasteiger partial charge in [0.15, 0.2) is 0 Å². The summed E-state index contributed by atoms with van der Waals surface area (Å²) in [5.74, 6) is -3.14. The molecule has 0 unspecified atom stereocenters. The van der Waals surface area contributed by atoms with E-state index in [1.165, 1.54) is 6.92 Å². The molecule has 0 spiro atoms. The smallest absolute Gasteiger partial charge is 0.428 e. The van der Waals surface area contributed by atoms with Gasteiger partial charge in [-0.05, 0) is 44.2 Å². The maximum Gasteiger partial charge on any atom is 0.428 e. The molecule has 27 heavy (non-hydrogen) atoms. The van der Waals surface area contributed by atoms with E-state index in [-0.39, 0.29) is 19.6 Å². The van der Waals surface area contributed by atoms with Crippen molar-refractivity contribution in [3.63, 3.8) is 0 Å². The highest BCUT2D eigenvalue weighted by molar-refractivity contribution is 5.81. The lowest BCUT2D eigenvalue weighted by atomic mass is 9.79. The van der Waals surface area contributed by atoms with Gasteiger partial charge in [-0.1, -0.05) is 18.2 Å². The van der Waals surface area contributed by atoms with Crippen molar-refractivity contribution in [3.05, 3.63) is 29.8 Å². The molecule has 3 atom stereocenters. The number of halogens is 3. The molecular weight excluding hydrogens is 363 g/mol. The van der Waals surface area contributed by atoms with Gasteiger partial charge in [0.2, 0.25) is 0 Å². The lowest BCUT2D eigenvalue weighted by Gasteiger charge is -2.47. The van der Waals surface area contributed by atoms with Crippen molar-refractivity contribution in [2.75, 3.05) is 24.7 Å². The lowest BCUT2D eigenvalue weighted by Crippen LogP contribution is -2.65. The van der Waals surface area contributed by atoms with Crippen molar-refractivity contribution < 1.29 is 32.5 Å². The largest absolute Gasteiger partial charge is 0.464 e. The Kier molecular flexibility index (Phi) is 5.67. The summed E-state index contributed by atoms with van der Waals surface area (Å²) in [6.45, 7) is 1.93. The molecule has 5 nitrogen and oxygen atoms in total. The molecule has 1 aromatic rings. The van der Waals surface area contributed by atoms with E-state index in [4.69, 9.17) is 4.74 Å². The summed E-state index contributed by atoms with van der Waals surface area (Å²) in [5, 5.41) is 10.6. The average Bonchev–Trinajstić information content (AvgIpc) is 2.66. The third kappa shape index (κ3) is 3.52. The van der Waals surface area contributed by atoms with E-state index in [0.717, 1.165) is 24.1 Å². The number of hydrogen-bond donors (Lipinski definition) is 1. The van der Waals surface area contributed by atoms with E-state index in [2.05, 4.69) is 4.74 Å². The summed E-state index contributed by atoms with van der Waals surface area (Å²) in [6.07, 6.45) is -4.31. The monoisotopic (exact) mass is 387 g/mol. The van der Waals surface area contributed by atoms with Crippen LogP contribution in [-0.2, 0) is 20.7 Å². The molecule has 1 N–H and O–H groups in total. The fourth-order valence-corrected chi connectivity index (χ4v) is 4.03. The van der Waals surface area contributed by atoms with Gasteiger partial charge in [0.1, 0.15) is 6.23 Å². The quantitative estimate of drug-likeness (QED) is 0.805. The van der Waals surface area contributed by atoms with Crippen LogP contribution >= 0.6 is 0 Å². The van der Waals surface area contributed by atoms with Crippen LogP contribution in [0.1, 0.15) is 31.7 Å². The van der Waals surface area contributed by atoms with Gasteiger partial charge in [-0.15, -0.1) is 0 Å². The Bertz CT molecular complexity index is 681. The second kappa shape index (κ2) is 7.67. The summed E-state index contributed by atoms with van der Waals surface area (Å²) < 4.78 is 51.9. The van der Waals surface area contributed by atoms with Crippen LogP contribution in [0, 0.1) is 5.92 Å². The zero-order chi connectivity index (χ0) is 19.7. The Balaban J connectivity index is 2.01. The Hall–Kier alpha value is -1.80. The average molecular weight is 387 g/mol.